The van der Waals surface area contributed by atoms with Gasteiger partial charge in [0.05, 0.1) is 25.6 Å². The second-order valence-corrected chi connectivity index (χ2v) is 4.32. The number of hydrogen-bond donors (Lipinski definition) is 5. The van der Waals surface area contributed by atoms with Gasteiger partial charge in [0.25, 0.3) is 0 Å². The van der Waals surface area contributed by atoms with Gasteiger partial charge in [0.2, 0.25) is 0 Å². The highest BCUT2D eigenvalue weighted by atomic mass is 16.5. The lowest BCUT2D eigenvalue weighted by Crippen LogP contribution is -2.45. The zero-order valence-corrected chi connectivity index (χ0v) is 12.0. The van der Waals surface area contributed by atoms with Gasteiger partial charge in [0.1, 0.15) is 0 Å². The molecule has 0 saturated heterocycles. The van der Waals surface area contributed by atoms with Crippen LogP contribution < -0.4 is 0 Å². The predicted octanol–water partition coefficient (Wildman–Crippen LogP) is -0.455. The number of aliphatic hydroxyl groups excluding tert-OH is 2. The zero-order valence-electron chi connectivity index (χ0n) is 12.0. The minimum atomic E-state index is -2.19. The van der Waals surface area contributed by atoms with Gasteiger partial charge in [0.15, 0.2) is 5.60 Å². The average molecular weight is 310 g/mol. The van der Waals surface area contributed by atoms with Gasteiger partial charge in [-0.05, 0) is 13.3 Å². The van der Waals surface area contributed by atoms with Crippen LogP contribution in [0, 0.1) is 0 Å². The van der Waals surface area contributed by atoms with Crippen molar-refractivity contribution in [1.29, 1.82) is 0 Å². The van der Waals surface area contributed by atoms with Crippen molar-refractivity contribution in [3.8, 4) is 0 Å². The Hall–Kier alpha value is -1.71. The Kier molecular flexibility index (Phi) is 11.3. The molecule has 1 unspecified atom stereocenters. The molecule has 0 aliphatic heterocycles. The number of carboxylic acids is 3. The van der Waals surface area contributed by atoms with Crippen molar-refractivity contribution < 1.29 is 44.7 Å². The summed E-state index contributed by atoms with van der Waals surface area (Å²) in [5.41, 5.74) is -2.19. The Balaban J connectivity index is 0. The SMILES string of the molecule is CC(O)CO.CCCOC(CC(=O)O)(CC(=O)O)C(=O)O. The topological polar surface area (TPSA) is 162 Å². The normalized spacial score (nSPS) is 12.0. The van der Waals surface area contributed by atoms with Crippen molar-refractivity contribution in [2.45, 2.75) is 44.8 Å². The molecule has 5 N–H and O–H groups in total. The van der Waals surface area contributed by atoms with E-state index < -0.39 is 42.5 Å². The first kappa shape index (κ1) is 21.6. The van der Waals surface area contributed by atoms with Crippen molar-refractivity contribution in [1.82, 2.24) is 0 Å². The lowest BCUT2D eigenvalue weighted by atomic mass is 9.95. The summed E-state index contributed by atoms with van der Waals surface area (Å²) in [5, 5.41) is 42.0. The molecule has 0 aliphatic carbocycles. The fourth-order valence-corrected chi connectivity index (χ4v) is 1.16. The van der Waals surface area contributed by atoms with Crippen LogP contribution in [0.3, 0.4) is 0 Å². The van der Waals surface area contributed by atoms with Crippen molar-refractivity contribution >= 4 is 17.9 Å². The first-order valence-corrected chi connectivity index (χ1v) is 6.21. The van der Waals surface area contributed by atoms with Crippen molar-refractivity contribution in [3.63, 3.8) is 0 Å². The number of rotatable bonds is 9. The van der Waals surface area contributed by atoms with Gasteiger partial charge in [-0.25, -0.2) is 4.79 Å². The molecule has 21 heavy (non-hydrogen) atoms. The number of aliphatic hydroxyl groups is 2. The molecule has 1 atom stereocenters. The molecule has 0 radical (unpaired) electrons. The number of aliphatic carboxylic acids is 3. The summed E-state index contributed by atoms with van der Waals surface area (Å²) >= 11 is 0. The van der Waals surface area contributed by atoms with Gasteiger partial charge in [-0.15, -0.1) is 0 Å². The second-order valence-electron chi connectivity index (χ2n) is 4.32. The standard InChI is InChI=1S/C9H14O7.C3H8O2/c1-2-3-16-9(8(14)15,4-6(10)11)5-7(12)13;1-3(5)2-4/h2-5H2,1H3,(H,10,11)(H,12,13)(H,14,15);3-5H,2H2,1H3. The van der Waals surface area contributed by atoms with Crippen LogP contribution in [0.1, 0.15) is 33.1 Å². The summed E-state index contributed by atoms with van der Waals surface area (Å²) in [6.07, 6.45) is -1.85. The molecule has 0 aliphatic rings. The summed E-state index contributed by atoms with van der Waals surface area (Å²) in [5.74, 6) is -4.41. The second kappa shape index (κ2) is 11.0. The Morgan fingerprint density at radius 1 is 1.10 bits per heavy atom. The van der Waals surface area contributed by atoms with Crippen LogP contribution in [-0.2, 0) is 19.1 Å². The number of hydrogen-bond acceptors (Lipinski definition) is 6. The van der Waals surface area contributed by atoms with E-state index in [0.717, 1.165) is 0 Å². The number of ether oxygens (including phenoxy) is 1. The third-order valence-corrected chi connectivity index (χ3v) is 2.11. The highest BCUT2D eigenvalue weighted by Crippen LogP contribution is 2.22. The molecule has 0 bridgehead atoms. The third-order valence-electron chi connectivity index (χ3n) is 2.11. The fourth-order valence-electron chi connectivity index (χ4n) is 1.16. The third kappa shape index (κ3) is 10.7. The molecular formula is C12H22O9. The van der Waals surface area contributed by atoms with E-state index in [2.05, 4.69) is 0 Å². The minimum Gasteiger partial charge on any atom is -0.481 e. The Morgan fingerprint density at radius 3 is 1.67 bits per heavy atom. The largest absolute Gasteiger partial charge is 0.481 e. The Labute approximate surface area is 121 Å². The molecule has 0 fully saturated rings. The molecule has 0 aromatic rings. The van der Waals surface area contributed by atoms with Gasteiger partial charge in [-0.1, -0.05) is 6.92 Å². The molecule has 0 aromatic heterocycles. The predicted molar refractivity (Wildman–Crippen MR) is 69.9 cm³/mol. The van der Waals surface area contributed by atoms with Crippen LogP contribution >= 0.6 is 0 Å². The van der Waals surface area contributed by atoms with Gasteiger partial charge in [0, 0.05) is 6.61 Å². The minimum absolute atomic E-state index is 0.00708. The lowest BCUT2D eigenvalue weighted by molar-refractivity contribution is -0.178. The molecule has 0 heterocycles. The monoisotopic (exact) mass is 310 g/mol. The van der Waals surface area contributed by atoms with Crippen LogP contribution in [0.15, 0.2) is 0 Å². The van der Waals surface area contributed by atoms with E-state index in [4.69, 9.17) is 30.3 Å². The first-order chi connectivity index (χ1) is 9.61. The molecule has 9 heteroatoms. The smallest absolute Gasteiger partial charge is 0.337 e. The van der Waals surface area contributed by atoms with E-state index in [1.807, 2.05) is 0 Å². The van der Waals surface area contributed by atoms with Crippen molar-refractivity contribution in [2.75, 3.05) is 13.2 Å². The maximum absolute atomic E-state index is 10.9. The van der Waals surface area contributed by atoms with E-state index in [0.29, 0.717) is 6.42 Å². The summed E-state index contributed by atoms with van der Waals surface area (Å²) in [6, 6.07) is 0. The maximum Gasteiger partial charge on any atom is 0.337 e. The molecular weight excluding hydrogens is 288 g/mol. The maximum atomic E-state index is 10.9. The number of carboxylic acid groups (broad SMARTS) is 3. The molecule has 0 aromatic carbocycles. The van der Waals surface area contributed by atoms with Crippen LogP contribution in [0.4, 0.5) is 0 Å². The molecule has 9 nitrogen and oxygen atoms in total. The van der Waals surface area contributed by atoms with E-state index in [1.54, 1.807) is 6.92 Å². The first-order valence-electron chi connectivity index (χ1n) is 6.21. The lowest BCUT2D eigenvalue weighted by Gasteiger charge is -2.26. The van der Waals surface area contributed by atoms with Crippen LogP contribution in [0.25, 0.3) is 0 Å². The molecule has 0 saturated carbocycles. The van der Waals surface area contributed by atoms with Crippen molar-refractivity contribution in [3.05, 3.63) is 0 Å². The Bertz CT molecular complexity index is 322. The summed E-state index contributed by atoms with van der Waals surface area (Å²) in [4.78, 5) is 32.0. The highest BCUT2D eigenvalue weighted by Gasteiger charge is 2.44. The molecule has 124 valence electrons. The van der Waals surface area contributed by atoms with E-state index in [1.165, 1.54) is 6.92 Å². The highest BCUT2D eigenvalue weighted by molar-refractivity contribution is 5.88. The van der Waals surface area contributed by atoms with Gasteiger partial charge < -0.3 is 30.3 Å². The van der Waals surface area contributed by atoms with Crippen molar-refractivity contribution in [2.24, 2.45) is 0 Å². The quantitative estimate of drug-likeness (QED) is 0.379. The average Bonchev–Trinajstić information content (AvgIpc) is 2.35. The van der Waals surface area contributed by atoms with Crippen LogP contribution in [0.5, 0.6) is 0 Å². The van der Waals surface area contributed by atoms with Crippen LogP contribution in [-0.4, -0.2) is 68.4 Å². The van der Waals surface area contributed by atoms with E-state index in [-0.39, 0.29) is 13.2 Å². The summed E-state index contributed by atoms with van der Waals surface area (Å²) < 4.78 is 4.90. The molecule has 0 spiro atoms. The van der Waals surface area contributed by atoms with Crippen LogP contribution in [0.2, 0.25) is 0 Å². The zero-order chi connectivity index (χ0) is 17.1. The summed E-state index contributed by atoms with van der Waals surface area (Å²) in [7, 11) is 0. The van der Waals surface area contributed by atoms with Gasteiger partial charge >= 0.3 is 17.9 Å². The van der Waals surface area contributed by atoms with E-state index >= 15 is 0 Å². The number of carbonyl (C=O) groups is 3. The molecule has 0 rings (SSSR count). The van der Waals surface area contributed by atoms with Gasteiger partial charge in [-0.2, -0.15) is 0 Å². The summed E-state index contributed by atoms with van der Waals surface area (Å²) in [6.45, 7) is 3.08. The molecule has 0 amide bonds. The fraction of sp³-hybridized carbons (Fsp3) is 0.750. The van der Waals surface area contributed by atoms with E-state index in [9.17, 15) is 14.4 Å². The van der Waals surface area contributed by atoms with Gasteiger partial charge in [-0.3, -0.25) is 9.59 Å². The Morgan fingerprint density at radius 2 is 1.48 bits per heavy atom.